The van der Waals surface area contributed by atoms with Crippen molar-refractivity contribution in [3.63, 3.8) is 0 Å². The lowest BCUT2D eigenvalue weighted by Gasteiger charge is -2.05. The van der Waals surface area contributed by atoms with Crippen LogP contribution in [0.2, 0.25) is 0 Å². The van der Waals surface area contributed by atoms with Crippen LogP contribution in [0.4, 0.5) is 0 Å². The average molecular weight is 294 g/mol. The number of pyridine rings is 1. The number of alkyl halides is 1. The number of thiophene rings is 1. The number of hydrogen-bond acceptors (Lipinski definition) is 4. The van der Waals surface area contributed by atoms with Gasteiger partial charge in [-0.15, -0.1) is 22.9 Å². The Kier molecular flexibility index (Phi) is 3.40. The van der Waals surface area contributed by atoms with Crippen LogP contribution in [-0.4, -0.2) is 21.6 Å². The van der Waals surface area contributed by atoms with Crippen molar-refractivity contribution < 1.29 is 4.74 Å². The number of halogens is 1. The fourth-order valence-electron chi connectivity index (χ4n) is 1.97. The van der Waals surface area contributed by atoms with E-state index in [9.17, 15) is 0 Å². The van der Waals surface area contributed by atoms with Crippen LogP contribution < -0.4 is 4.74 Å². The van der Waals surface area contributed by atoms with Gasteiger partial charge in [-0.05, 0) is 17.5 Å². The minimum atomic E-state index is 0.365. The molecule has 0 aliphatic carbocycles. The molecule has 98 valence electrons. The van der Waals surface area contributed by atoms with Gasteiger partial charge in [-0.3, -0.25) is 0 Å². The molecule has 3 heterocycles. The second-order valence-corrected chi connectivity index (χ2v) is 5.32. The van der Waals surface area contributed by atoms with Crippen molar-refractivity contribution in [1.82, 2.24) is 14.5 Å². The zero-order valence-electron chi connectivity index (χ0n) is 10.3. The van der Waals surface area contributed by atoms with Gasteiger partial charge in [0, 0.05) is 10.9 Å². The van der Waals surface area contributed by atoms with E-state index < -0.39 is 0 Å². The summed E-state index contributed by atoms with van der Waals surface area (Å²) in [6, 6.07) is 7.84. The molecule has 6 heteroatoms. The summed E-state index contributed by atoms with van der Waals surface area (Å²) in [6.07, 6.45) is 0. The van der Waals surface area contributed by atoms with E-state index in [1.807, 2.05) is 22.8 Å². The quantitative estimate of drug-likeness (QED) is 0.693. The molecule has 3 aromatic rings. The number of imidazole rings is 1. The summed E-state index contributed by atoms with van der Waals surface area (Å²) in [5, 5.41) is 2.06. The fraction of sp³-hybridized carbons (Fsp3) is 0.231. The normalized spacial score (nSPS) is 11.1. The third kappa shape index (κ3) is 2.31. The van der Waals surface area contributed by atoms with Crippen LogP contribution in [0.25, 0.3) is 11.2 Å². The summed E-state index contributed by atoms with van der Waals surface area (Å²) >= 11 is 7.69. The van der Waals surface area contributed by atoms with Gasteiger partial charge in [-0.25, -0.2) is 4.98 Å². The topological polar surface area (TPSA) is 39.9 Å². The molecule has 0 aromatic carbocycles. The zero-order valence-corrected chi connectivity index (χ0v) is 11.9. The Bertz CT molecular complexity index is 693. The highest BCUT2D eigenvalue weighted by Gasteiger charge is 2.13. The minimum Gasteiger partial charge on any atom is -0.481 e. The van der Waals surface area contributed by atoms with E-state index in [0.717, 1.165) is 23.5 Å². The second kappa shape index (κ2) is 5.19. The predicted molar refractivity (Wildman–Crippen MR) is 77.1 cm³/mol. The molecule has 0 saturated carbocycles. The molecule has 0 fully saturated rings. The lowest BCUT2D eigenvalue weighted by atomic mass is 10.4. The third-order valence-electron chi connectivity index (χ3n) is 2.87. The summed E-state index contributed by atoms with van der Waals surface area (Å²) in [7, 11) is 1.61. The summed E-state index contributed by atoms with van der Waals surface area (Å²) < 4.78 is 7.21. The van der Waals surface area contributed by atoms with E-state index in [1.165, 1.54) is 4.88 Å². The van der Waals surface area contributed by atoms with Crippen molar-refractivity contribution in [2.24, 2.45) is 0 Å². The van der Waals surface area contributed by atoms with Crippen molar-refractivity contribution in [3.8, 4) is 5.88 Å². The number of nitrogens with zero attached hydrogens (tertiary/aromatic N) is 3. The van der Waals surface area contributed by atoms with Crippen LogP contribution in [0.15, 0.2) is 29.6 Å². The molecule has 0 amide bonds. The fourth-order valence-corrected chi connectivity index (χ4v) is 2.87. The molecule has 0 unspecified atom stereocenters. The van der Waals surface area contributed by atoms with Gasteiger partial charge < -0.3 is 9.30 Å². The van der Waals surface area contributed by atoms with Crippen molar-refractivity contribution in [1.29, 1.82) is 0 Å². The number of ether oxygens (including phenoxy) is 1. The van der Waals surface area contributed by atoms with Crippen molar-refractivity contribution in [2.75, 3.05) is 7.11 Å². The Morgan fingerprint density at radius 1 is 1.32 bits per heavy atom. The summed E-state index contributed by atoms with van der Waals surface area (Å²) in [4.78, 5) is 10.2. The molecule has 4 nitrogen and oxygen atoms in total. The van der Waals surface area contributed by atoms with E-state index in [1.54, 1.807) is 18.4 Å². The zero-order chi connectivity index (χ0) is 13.2. The van der Waals surface area contributed by atoms with Crippen LogP contribution in [-0.2, 0) is 12.4 Å². The maximum atomic E-state index is 5.98. The Morgan fingerprint density at radius 2 is 2.21 bits per heavy atom. The van der Waals surface area contributed by atoms with Gasteiger partial charge >= 0.3 is 0 Å². The highest BCUT2D eigenvalue weighted by Crippen LogP contribution is 2.21. The van der Waals surface area contributed by atoms with Gasteiger partial charge in [-0.2, -0.15) is 4.98 Å². The standard InChI is InChI=1S/C13H12ClN3OS/c1-18-12-5-4-10-13(16-12)17(11(7-14)15-10)8-9-3-2-6-19-9/h2-6H,7-8H2,1H3. The Morgan fingerprint density at radius 3 is 2.89 bits per heavy atom. The Balaban J connectivity index is 2.13. The van der Waals surface area contributed by atoms with Crippen LogP contribution in [0, 0.1) is 0 Å². The maximum Gasteiger partial charge on any atom is 0.215 e. The number of aromatic nitrogens is 3. The van der Waals surface area contributed by atoms with E-state index in [2.05, 4.69) is 21.4 Å². The summed E-state index contributed by atoms with van der Waals surface area (Å²) in [5.41, 5.74) is 1.65. The molecule has 0 atom stereocenters. The van der Waals surface area contributed by atoms with Gasteiger partial charge in [0.25, 0.3) is 0 Å². The predicted octanol–water partition coefficient (Wildman–Crippen LogP) is 3.29. The highest BCUT2D eigenvalue weighted by molar-refractivity contribution is 7.09. The molecule has 3 rings (SSSR count). The lowest BCUT2D eigenvalue weighted by Crippen LogP contribution is -2.03. The molecular weight excluding hydrogens is 282 g/mol. The highest BCUT2D eigenvalue weighted by atomic mass is 35.5. The first-order valence-electron chi connectivity index (χ1n) is 5.80. The van der Waals surface area contributed by atoms with E-state index >= 15 is 0 Å². The van der Waals surface area contributed by atoms with Crippen molar-refractivity contribution in [2.45, 2.75) is 12.4 Å². The average Bonchev–Trinajstić information content (AvgIpc) is 3.07. The van der Waals surface area contributed by atoms with Crippen molar-refractivity contribution in [3.05, 3.63) is 40.3 Å². The van der Waals surface area contributed by atoms with Crippen LogP contribution in [0.3, 0.4) is 0 Å². The number of hydrogen-bond donors (Lipinski definition) is 0. The van der Waals surface area contributed by atoms with Crippen LogP contribution in [0.1, 0.15) is 10.7 Å². The first kappa shape index (κ1) is 12.4. The van der Waals surface area contributed by atoms with E-state index in [4.69, 9.17) is 16.3 Å². The molecule has 0 spiro atoms. The monoisotopic (exact) mass is 293 g/mol. The number of rotatable bonds is 4. The second-order valence-electron chi connectivity index (χ2n) is 4.02. The van der Waals surface area contributed by atoms with Gasteiger partial charge in [0.2, 0.25) is 5.88 Å². The molecule has 0 radical (unpaired) electrons. The van der Waals surface area contributed by atoms with Gasteiger partial charge in [0.1, 0.15) is 11.3 Å². The van der Waals surface area contributed by atoms with Crippen LogP contribution in [0.5, 0.6) is 5.88 Å². The Hall–Kier alpha value is -1.59. The SMILES string of the molecule is COc1ccc2nc(CCl)n(Cc3cccs3)c2n1. The number of fused-ring (bicyclic) bond motifs is 1. The maximum absolute atomic E-state index is 5.98. The molecule has 19 heavy (non-hydrogen) atoms. The molecule has 0 saturated heterocycles. The van der Waals surface area contributed by atoms with Gasteiger partial charge in [-0.1, -0.05) is 6.07 Å². The molecular formula is C13H12ClN3OS. The minimum absolute atomic E-state index is 0.365. The first-order chi connectivity index (χ1) is 9.31. The molecule has 0 bridgehead atoms. The largest absolute Gasteiger partial charge is 0.481 e. The number of methoxy groups -OCH3 is 1. The molecule has 3 aromatic heterocycles. The smallest absolute Gasteiger partial charge is 0.215 e. The van der Waals surface area contributed by atoms with Gasteiger partial charge in [0.15, 0.2) is 5.65 Å². The van der Waals surface area contributed by atoms with E-state index in [0.29, 0.717) is 11.8 Å². The van der Waals surface area contributed by atoms with Gasteiger partial charge in [0.05, 0.1) is 19.5 Å². The third-order valence-corrected chi connectivity index (χ3v) is 3.97. The molecule has 0 aliphatic heterocycles. The lowest BCUT2D eigenvalue weighted by molar-refractivity contribution is 0.399. The first-order valence-corrected chi connectivity index (χ1v) is 7.21. The van der Waals surface area contributed by atoms with Crippen molar-refractivity contribution >= 4 is 34.1 Å². The molecule has 0 N–H and O–H groups in total. The Labute approximate surface area is 119 Å². The summed E-state index contributed by atoms with van der Waals surface area (Å²) in [6.45, 7) is 0.733. The van der Waals surface area contributed by atoms with Crippen LogP contribution >= 0.6 is 22.9 Å². The van der Waals surface area contributed by atoms with E-state index in [-0.39, 0.29) is 0 Å². The molecule has 0 aliphatic rings. The summed E-state index contributed by atoms with van der Waals surface area (Å²) in [5.74, 6) is 1.77.